The fourth-order valence-corrected chi connectivity index (χ4v) is 2.20. The Hall–Kier alpha value is -2.28. The number of hydrogen-bond donors (Lipinski definition) is 2. The van der Waals surface area contributed by atoms with Gasteiger partial charge in [-0.25, -0.2) is 4.79 Å². The molecule has 1 rings (SSSR count). The topological polar surface area (TPSA) is 108 Å². The van der Waals surface area contributed by atoms with Crippen LogP contribution in [0, 0.1) is 5.92 Å². The van der Waals surface area contributed by atoms with E-state index in [1.807, 2.05) is 13.8 Å². The highest BCUT2D eigenvalue weighted by molar-refractivity contribution is 6.31. The van der Waals surface area contributed by atoms with Crippen molar-refractivity contribution in [3.05, 3.63) is 28.8 Å². The predicted molar refractivity (Wildman–Crippen MR) is 88.9 cm³/mol. The number of esters is 1. The maximum absolute atomic E-state index is 12.0. The van der Waals surface area contributed by atoms with Gasteiger partial charge in [-0.3, -0.25) is 9.59 Å². The van der Waals surface area contributed by atoms with Crippen LogP contribution in [-0.2, 0) is 14.3 Å². The van der Waals surface area contributed by atoms with Gasteiger partial charge < -0.3 is 20.5 Å². The van der Waals surface area contributed by atoms with Crippen molar-refractivity contribution in [1.29, 1.82) is 0 Å². The van der Waals surface area contributed by atoms with E-state index in [1.54, 1.807) is 0 Å². The first-order valence-electron chi connectivity index (χ1n) is 7.34. The van der Waals surface area contributed by atoms with Gasteiger partial charge in [-0.1, -0.05) is 25.4 Å². The molecule has 0 spiro atoms. The number of carbonyl (C=O) groups is 3. The highest BCUT2D eigenvalue weighted by Crippen LogP contribution is 2.22. The van der Waals surface area contributed by atoms with Crippen molar-refractivity contribution < 1.29 is 23.9 Å². The Morgan fingerprint density at radius 2 is 1.96 bits per heavy atom. The molecule has 0 aromatic heterocycles. The zero-order chi connectivity index (χ0) is 18.3. The molecule has 132 valence electrons. The summed E-state index contributed by atoms with van der Waals surface area (Å²) in [6.07, 6.45) is 0.436. The molecule has 0 radical (unpaired) electrons. The lowest BCUT2D eigenvalue weighted by Crippen LogP contribution is -2.44. The average molecular weight is 357 g/mol. The lowest BCUT2D eigenvalue weighted by atomic mass is 10.0. The number of ether oxygens (including phenoxy) is 2. The summed E-state index contributed by atoms with van der Waals surface area (Å²) in [5.41, 5.74) is 5.32. The first kappa shape index (κ1) is 19.8. The number of nitrogens with one attached hydrogen (secondary N) is 1. The van der Waals surface area contributed by atoms with E-state index in [4.69, 9.17) is 22.1 Å². The highest BCUT2D eigenvalue weighted by atomic mass is 35.5. The number of primary amides is 1. The van der Waals surface area contributed by atoms with Gasteiger partial charge in [-0.15, -0.1) is 0 Å². The number of nitrogens with two attached hydrogens (primary N) is 1. The van der Waals surface area contributed by atoms with Crippen molar-refractivity contribution in [1.82, 2.24) is 5.32 Å². The van der Waals surface area contributed by atoms with Crippen molar-refractivity contribution in [3.8, 4) is 5.75 Å². The summed E-state index contributed by atoms with van der Waals surface area (Å²) in [7, 11) is 1.26. The Morgan fingerprint density at radius 1 is 1.29 bits per heavy atom. The molecule has 0 heterocycles. The molecule has 2 amide bonds. The van der Waals surface area contributed by atoms with Gasteiger partial charge in [0.2, 0.25) is 0 Å². The van der Waals surface area contributed by atoms with Crippen molar-refractivity contribution in [3.63, 3.8) is 0 Å². The summed E-state index contributed by atoms with van der Waals surface area (Å²) in [6.45, 7) is 3.46. The third kappa shape index (κ3) is 6.08. The van der Waals surface area contributed by atoms with Crippen molar-refractivity contribution in [2.45, 2.75) is 26.3 Å². The van der Waals surface area contributed by atoms with Gasteiger partial charge in [0.25, 0.3) is 11.8 Å². The van der Waals surface area contributed by atoms with Gasteiger partial charge in [0, 0.05) is 5.02 Å². The van der Waals surface area contributed by atoms with Crippen LogP contribution in [-0.4, -0.2) is 37.5 Å². The smallest absolute Gasteiger partial charge is 0.328 e. The number of rotatable bonds is 8. The van der Waals surface area contributed by atoms with Gasteiger partial charge in [0.05, 0.1) is 12.7 Å². The molecule has 0 aliphatic carbocycles. The number of benzene rings is 1. The van der Waals surface area contributed by atoms with Crippen LogP contribution >= 0.6 is 11.6 Å². The molecule has 0 aliphatic heterocycles. The van der Waals surface area contributed by atoms with E-state index in [-0.39, 0.29) is 23.8 Å². The molecule has 1 atom stereocenters. The molecule has 0 fully saturated rings. The maximum atomic E-state index is 12.0. The van der Waals surface area contributed by atoms with Gasteiger partial charge in [-0.05, 0) is 30.5 Å². The first-order chi connectivity index (χ1) is 11.2. The van der Waals surface area contributed by atoms with Crippen LogP contribution in [0.25, 0.3) is 0 Å². The third-order valence-corrected chi connectivity index (χ3v) is 3.33. The zero-order valence-corrected chi connectivity index (χ0v) is 14.6. The Balaban J connectivity index is 2.71. The maximum Gasteiger partial charge on any atom is 0.328 e. The molecule has 3 N–H and O–H groups in total. The molecular formula is C16H21ClN2O5. The number of amides is 2. The van der Waals surface area contributed by atoms with Gasteiger partial charge in [-0.2, -0.15) is 0 Å². The average Bonchev–Trinajstić information content (AvgIpc) is 2.51. The van der Waals surface area contributed by atoms with Crippen molar-refractivity contribution in [2.75, 3.05) is 13.7 Å². The van der Waals surface area contributed by atoms with Crippen LogP contribution in [0.15, 0.2) is 18.2 Å². The normalized spacial score (nSPS) is 11.7. The molecule has 0 bridgehead atoms. The summed E-state index contributed by atoms with van der Waals surface area (Å²) in [5.74, 6) is -1.44. The lowest BCUT2D eigenvalue weighted by molar-refractivity contribution is -0.145. The number of halogens is 1. The quantitative estimate of drug-likeness (QED) is 0.686. The van der Waals surface area contributed by atoms with E-state index >= 15 is 0 Å². The molecule has 8 heteroatoms. The van der Waals surface area contributed by atoms with Crippen LogP contribution in [0.1, 0.15) is 30.6 Å². The second-order valence-corrected chi connectivity index (χ2v) is 6.00. The van der Waals surface area contributed by atoms with Gasteiger partial charge in [0.1, 0.15) is 11.8 Å². The first-order valence-corrected chi connectivity index (χ1v) is 7.71. The van der Waals surface area contributed by atoms with E-state index in [9.17, 15) is 14.4 Å². The minimum absolute atomic E-state index is 0.0713. The fourth-order valence-electron chi connectivity index (χ4n) is 2.03. The third-order valence-electron chi connectivity index (χ3n) is 3.09. The van der Waals surface area contributed by atoms with Crippen LogP contribution < -0.4 is 15.8 Å². The Labute approximate surface area is 145 Å². The molecular weight excluding hydrogens is 336 g/mol. The Kier molecular flexibility index (Phi) is 7.51. The van der Waals surface area contributed by atoms with E-state index in [2.05, 4.69) is 10.1 Å². The largest absolute Gasteiger partial charge is 0.483 e. The molecule has 7 nitrogen and oxygen atoms in total. The molecule has 0 saturated carbocycles. The number of methoxy groups -OCH3 is 1. The van der Waals surface area contributed by atoms with E-state index < -0.39 is 23.8 Å². The predicted octanol–water partition coefficient (Wildman–Crippen LogP) is 1.52. The number of hydrogen-bond acceptors (Lipinski definition) is 5. The zero-order valence-electron chi connectivity index (χ0n) is 13.8. The van der Waals surface area contributed by atoms with Crippen LogP contribution in [0.3, 0.4) is 0 Å². The minimum atomic E-state index is -0.757. The van der Waals surface area contributed by atoms with Crippen LogP contribution in [0.4, 0.5) is 0 Å². The van der Waals surface area contributed by atoms with E-state index in [0.29, 0.717) is 11.4 Å². The van der Waals surface area contributed by atoms with E-state index in [1.165, 1.54) is 25.3 Å². The molecule has 1 aromatic carbocycles. The Morgan fingerprint density at radius 3 is 2.50 bits per heavy atom. The fraction of sp³-hybridized carbons (Fsp3) is 0.438. The molecule has 0 aliphatic rings. The van der Waals surface area contributed by atoms with Gasteiger partial charge >= 0.3 is 5.97 Å². The molecule has 0 saturated heterocycles. The lowest BCUT2D eigenvalue weighted by Gasteiger charge is -2.18. The SMILES string of the molecule is COC(=O)[C@H](CC(C)C)NC(=O)COc1ccc(Cl)cc1C(N)=O. The van der Waals surface area contributed by atoms with Crippen LogP contribution in [0.5, 0.6) is 5.75 Å². The number of carbonyl (C=O) groups excluding carboxylic acids is 3. The second-order valence-electron chi connectivity index (χ2n) is 5.57. The second kappa shape index (κ2) is 9.12. The van der Waals surface area contributed by atoms with Crippen LogP contribution in [0.2, 0.25) is 5.02 Å². The van der Waals surface area contributed by atoms with Gasteiger partial charge in [0.15, 0.2) is 6.61 Å². The Bertz CT molecular complexity index is 618. The van der Waals surface area contributed by atoms with Crippen molar-refractivity contribution >= 4 is 29.4 Å². The van der Waals surface area contributed by atoms with Crippen molar-refractivity contribution in [2.24, 2.45) is 11.7 Å². The monoisotopic (exact) mass is 356 g/mol. The summed E-state index contributed by atoms with van der Waals surface area (Å²) in [5, 5.41) is 2.87. The summed E-state index contributed by atoms with van der Waals surface area (Å²) >= 11 is 5.80. The summed E-state index contributed by atoms with van der Waals surface area (Å²) < 4.78 is 9.98. The summed E-state index contributed by atoms with van der Waals surface area (Å²) in [6, 6.07) is 3.55. The molecule has 1 aromatic rings. The minimum Gasteiger partial charge on any atom is -0.483 e. The molecule has 24 heavy (non-hydrogen) atoms. The summed E-state index contributed by atoms with van der Waals surface area (Å²) in [4.78, 5) is 35.0. The van der Waals surface area contributed by atoms with E-state index in [0.717, 1.165) is 0 Å². The highest BCUT2D eigenvalue weighted by Gasteiger charge is 2.23. The standard InChI is InChI=1S/C16H21ClN2O5/c1-9(2)6-12(16(22)23-3)19-14(20)8-24-13-5-4-10(17)7-11(13)15(18)21/h4-5,7,9,12H,6,8H2,1-3H3,(H2,18,21)(H,19,20)/t12-/m0/s1. The molecule has 0 unspecified atom stereocenters.